The Bertz CT molecular complexity index is 367. The van der Waals surface area contributed by atoms with Gasteiger partial charge >= 0.3 is 8.80 Å². The smallest absolute Gasteiger partial charge is 0.465 e. The summed E-state index contributed by atoms with van der Waals surface area (Å²) < 4.78 is 11.1. The van der Waals surface area contributed by atoms with Crippen molar-refractivity contribution in [3.05, 3.63) is 29.8 Å². The van der Waals surface area contributed by atoms with E-state index < -0.39 is 8.80 Å². The summed E-state index contributed by atoms with van der Waals surface area (Å²) in [6.45, 7) is 0.733. The van der Waals surface area contributed by atoms with Crippen molar-refractivity contribution in [3.63, 3.8) is 0 Å². The molecule has 2 rings (SSSR count). The molecule has 1 fully saturated rings. The van der Waals surface area contributed by atoms with E-state index in [1.54, 1.807) is 24.3 Å². The molecule has 1 atom stereocenters. The highest BCUT2D eigenvalue weighted by Gasteiger charge is 2.27. The van der Waals surface area contributed by atoms with Gasteiger partial charge in [0, 0.05) is 12.5 Å². The van der Waals surface area contributed by atoms with Crippen LogP contribution in [0.3, 0.4) is 0 Å². The molecule has 0 spiro atoms. The van der Waals surface area contributed by atoms with E-state index in [0.29, 0.717) is 11.3 Å². The van der Waals surface area contributed by atoms with E-state index in [4.69, 9.17) is 23.9 Å². The maximum atomic E-state index is 9.00. The van der Waals surface area contributed by atoms with Gasteiger partial charge in [0.2, 0.25) is 0 Å². The highest BCUT2D eigenvalue weighted by Crippen LogP contribution is 2.20. The SMILES string of the molecule is O[Si](O)(O)Cc1ccc(OC2CCCCO2)cc1. The second-order valence-electron chi connectivity index (χ2n) is 4.51. The van der Waals surface area contributed by atoms with Gasteiger partial charge in [-0.3, -0.25) is 0 Å². The highest BCUT2D eigenvalue weighted by molar-refractivity contribution is 6.55. The van der Waals surface area contributed by atoms with Gasteiger partial charge in [0.1, 0.15) is 5.75 Å². The van der Waals surface area contributed by atoms with E-state index in [0.717, 1.165) is 25.9 Å². The Hall–Kier alpha value is -0.923. The molecule has 1 heterocycles. The van der Waals surface area contributed by atoms with Gasteiger partial charge < -0.3 is 23.9 Å². The molecule has 100 valence electrons. The van der Waals surface area contributed by atoms with Crippen molar-refractivity contribution in [2.75, 3.05) is 6.61 Å². The van der Waals surface area contributed by atoms with Crippen LogP contribution in [0.25, 0.3) is 0 Å². The molecule has 1 aliphatic heterocycles. The van der Waals surface area contributed by atoms with Gasteiger partial charge in [-0.25, -0.2) is 0 Å². The number of ether oxygens (including phenoxy) is 2. The summed E-state index contributed by atoms with van der Waals surface area (Å²) in [5.41, 5.74) is 0.672. The molecular weight excluding hydrogens is 252 g/mol. The lowest BCUT2D eigenvalue weighted by atomic mass is 10.2. The number of hydrogen-bond acceptors (Lipinski definition) is 5. The predicted octanol–water partition coefficient (Wildman–Crippen LogP) is 0.589. The Morgan fingerprint density at radius 1 is 1.17 bits per heavy atom. The van der Waals surface area contributed by atoms with Crippen molar-refractivity contribution in [1.82, 2.24) is 0 Å². The minimum atomic E-state index is -4.02. The quantitative estimate of drug-likeness (QED) is 0.698. The standard InChI is InChI=1S/C12H18O5Si/c13-18(14,15)9-10-4-6-11(7-5-10)17-12-3-1-2-8-16-12/h4-7,12-15H,1-3,8-9H2. The second-order valence-corrected chi connectivity index (χ2v) is 6.41. The first-order chi connectivity index (χ1) is 8.53. The first kappa shape index (κ1) is 13.5. The molecule has 0 amide bonds. The average Bonchev–Trinajstić information content (AvgIpc) is 2.31. The fourth-order valence-corrected chi connectivity index (χ4v) is 2.70. The maximum absolute atomic E-state index is 9.00. The third kappa shape index (κ3) is 4.39. The molecular formula is C12H18O5Si. The zero-order valence-corrected chi connectivity index (χ0v) is 11.1. The molecule has 1 aromatic carbocycles. The number of hydrogen-bond donors (Lipinski definition) is 3. The van der Waals surface area contributed by atoms with Crippen molar-refractivity contribution < 1.29 is 23.9 Å². The largest absolute Gasteiger partial charge is 0.497 e. The Kier molecular flexibility index (Phi) is 4.36. The molecule has 0 aliphatic carbocycles. The normalized spacial score (nSPS) is 20.7. The summed E-state index contributed by atoms with van der Waals surface area (Å²) in [7, 11) is -4.02. The molecule has 18 heavy (non-hydrogen) atoms. The van der Waals surface area contributed by atoms with Crippen molar-refractivity contribution in [2.45, 2.75) is 31.6 Å². The Morgan fingerprint density at radius 3 is 2.44 bits per heavy atom. The molecule has 0 bridgehead atoms. The van der Waals surface area contributed by atoms with Crippen LogP contribution in [0.15, 0.2) is 24.3 Å². The lowest BCUT2D eigenvalue weighted by Gasteiger charge is -2.23. The van der Waals surface area contributed by atoms with Gasteiger partial charge in [-0.05, 0) is 30.5 Å². The molecule has 1 aliphatic rings. The van der Waals surface area contributed by atoms with Gasteiger partial charge in [0.15, 0.2) is 6.29 Å². The molecule has 0 saturated carbocycles. The van der Waals surface area contributed by atoms with Crippen LogP contribution < -0.4 is 4.74 Å². The number of rotatable bonds is 4. The van der Waals surface area contributed by atoms with E-state index in [9.17, 15) is 0 Å². The average molecular weight is 270 g/mol. The molecule has 1 unspecified atom stereocenters. The summed E-state index contributed by atoms with van der Waals surface area (Å²) in [5.74, 6) is 0.687. The van der Waals surface area contributed by atoms with Crippen LogP contribution in [-0.4, -0.2) is 36.1 Å². The first-order valence-electron chi connectivity index (χ1n) is 6.07. The molecule has 1 saturated heterocycles. The van der Waals surface area contributed by atoms with Crippen molar-refractivity contribution in [1.29, 1.82) is 0 Å². The minimum Gasteiger partial charge on any atom is -0.465 e. The Labute approximate surface area is 107 Å². The van der Waals surface area contributed by atoms with Crippen LogP contribution in [0.4, 0.5) is 0 Å². The number of benzene rings is 1. The third-order valence-electron chi connectivity index (χ3n) is 2.77. The van der Waals surface area contributed by atoms with Crippen LogP contribution in [-0.2, 0) is 10.8 Å². The minimum absolute atomic E-state index is 0.104. The zero-order chi connectivity index (χ0) is 13.0. The van der Waals surface area contributed by atoms with Crippen molar-refractivity contribution >= 4 is 8.80 Å². The van der Waals surface area contributed by atoms with Crippen molar-refractivity contribution in [3.8, 4) is 5.75 Å². The van der Waals surface area contributed by atoms with E-state index >= 15 is 0 Å². The Morgan fingerprint density at radius 2 is 1.89 bits per heavy atom. The van der Waals surface area contributed by atoms with Crippen LogP contribution in [0.1, 0.15) is 24.8 Å². The van der Waals surface area contributed by atoms with E-state index in [2.05, 4.69) is 0 Å². The molecule has 0 radical (unpaired) electrons. The van der Waals surface area contributed by atoms with Crippen LogP contribution >= 0.6 is 0 Å². The van der Waals surface area contributed by atoms with Crippen LogP contribution in [0.5, 0.6) is 5.75 Å². The summed E-state index contributed by atoms with van der Waals surface area (Å²) in [4.78, 5) is 27.0. The van der Waals surface area contributed by atoms with Crippen LogP contribution in [0.2, 0.25) is 0 Å². The molecule has 3 N–H and O–H groups in total. The van der Waals surface area contributed by atoms with E-state index in [-0.39, 0.29) is 12.3 Å². The lowest BCUT2D eigenvalue weighted by molar-refractivity contribution is -0.105. The van der Waals surface area contributed by atoms with Gasteiger partial charge in [0.25, 0.3) is 0 Å². The summed E-state index contributed by atoms with van der Waals surface area (Å²) in [6.07, 6.45) is 2.89. The second kappa shape index (κ2) is 5.81. The lowest BCUT2D eigenvalue weighted by Crippen LogP contribution is -2.37. The highest BCUT2D eigenvalue weighted by atomic mass is 28.4. The van der Waals surface area contributed by atoms with Gasteiger partial charge in [0.05, 0.1) is 6.61 Å². The van der Waals surface area contributed by atoms with Crippen LogP contribution in [0, 0.1) is 0 Å². The summed E-state index contributed by atoms with van der Waals surface area (Å²) in [5, 5.41) is 0. The van der Waals surface area contributed by atoms with Crippen molar-refractivity contribution in [2.24, 2.45) is 0 Å². The van der Waals surface area contributed by atoms with E-state index in [1.165, 1.54) is 0 Å². The molecule has 6 heteroatoms. The van der Waals surface area contributed by atoms with E-state index in [1.807, 2.05) is 0 Å². The van der Waals surface area contributed by atoms with Gasteiger partial charge in [-0.2, -0.15) is 0 Å². The first-order valence-corrected chi connectivity index (χ1v) is 8.12. The molecule has 0 aromatic heterocycles. The zero-order valence-electron chi connectivity index (χ0n) is 10.1. The van der Waals surface area contributed by atoms with Gasteiger partial charge in [-0.15, -0.1) is 0 Å². The fourth-order valence-electron chi connectivity index (χ4n) is 1.92. The summed E-state index contributed by atoms with van der Waals surface area (Å²) in [6, 6.07) is 6.80. The molecule has 5 nitrogen and oxygen atoms in total. The monoisotopic (exact) mass is 270 g/mol. The van der Waals surface area contributed by atoms with Gasteiger partial charge in [-0.1, -0.05) is 12.1 Å². The summed E-state index contributed by atoms with van der Waals surface area (Å²) >= 11 is 0. The Balaban J connectivity index is 1.90. The maximum Gasteiger partial charge on any atom is 0.497 e. The topological polar surface area (TPSA) is 79.2 Å². The third-order valence-corrected chi connectivity index (χ3v) is 3.65. The fraction of sp³-hybridized carbons (Fsp3) is 0.500. The molecule has 1 aromatic rings. The predicted molar refractivity (Wildman–Crippen MR) is 66.8 cm³/mol.